The molecule has 0 saturated carbocycles. The number of hydrogen-bond donors (Lipinski definition) is 2. The Morgan fingerprint density at radius 2 is 1.89 bits per heavy atom. The normalized spacial score (nSPS) is 17.8. The van der Waals surface area contributed by atoms with E-state index in [0.29, 0.717) is 50.6 Å². The van der Waals surface area contributed by atoms with Gasteiger partial charge in [-0.1, -0.05) is 30.3 Å². The Hall–Kier alpha value is -3.48. The van der Waals surface area contributed by atoms with Gasteiger partial charge in [-0.3, -0.25) is 9.59 Å². The zero-order valence-electron chi connectivity index (χ0n) is 20.4. The zero-order valence-corrected chi connectivity index (χ0v) is 20.4. The summed E-state index contributed by atoms with van der Waals surface area (Å²) in [6.07, 6.45) is -0.125. The quantitative estimate of drug-likeness (QED) is 0.642. The van der Waals surface area contributed by atoms with E-state index in [4.69, 9.17) is 9.72 Å². The SMILES string of the molecule is CC(O)CNC(=O)C(=O)N1CCN(c2nc(-c3ccccc3)c3c(c2C#N)CC(C)(C)OC3)CC1. The molecular weight excluding hydrogens is 446 g/mol. The molecule has 0 aliphatic carbocycles. The number of ether oxygens (including phenoxy) is 1. The molecule has 0 bridgehead atoms. The van der Waals surface area contributed by atoms with Crippen LogP contribution in [0.1, 0.15) is 37.5 Å². The number of fused-ring (bicyclic) bond motifs is 1. The number of nitrogens with one attached hydrogen (secondary N) is 1. The summed E-state index contributed by atoms with van der Waals surface area (Å²) < 4.78 is 6.08. The lowest BCUT2D eigenvalue weighted by atomic mass is 9.86. The Balaban J connectivity index is 1.63. The number of nitriles is 1. The highest BCUT2D eigenvalue weighted by molar-refractivity contribution is 6.35. The van der Waals surface area contributed by atoms with Gasteiger partial charge >= 0.3 is 11.8 Å². The molecule has 1 aromatic carbocycles. The van der Waals surface area contributed by atoms with Crippen LogP contribution in [-0.4, -0.2) is 71.2 Å². The minimum atomic E-state index is -0.725. The predicted octanol–water partition coefficient (Wildman–Crippen LogP) is 1.62. The molecule has 1 aromatic heterocycles. The lowest BCUT2D eigenvalue weighted by Crippen LogP contribution is -2.53. The van der Waals surface area contributed by atoms with E-state index in [0.717, 1.165) is 22.4 Å². The largest absolute Gasteiger partial charge is 0.392 e. The third-order valence-electron chi connectivity index (χ3n) is 6.38. The van der Waals surface area contributed by atoms with Gasteiger partial charge in [0.25, 0.3) is 0 Å². The highest BCUT2D eigenvalue weighted by Crippen LogP contribution is 2.39. The van der Waals surface area contributed by atoms with E-state index in [1.54, 1.807) is 6.92 Å². The fourth-order valence-corrected chi connectivity index (χ4v) is 4.51. The van der Waals surface area contributed by atoms with E-state index in [9.17, 15) is 20.0 Å². The van der Waals surface area contributed by atoms with Gasteiger partial charge in [-0.2, -0.15) is 5.26 Å². The van der Waals surface area contributed by atoms with E-state index in [2.05, 4.69) is 11.4 Å². The number of carbonyl (C=O) groups is 2. The monoisotopic (exact) mass is 477 g/mol. The smallest absolute Gasteiger partial charge is 0.312 e. The Morgan fingerprint density at radius 3 is 2.51 bits per heavy atom. The Labute approximate surface area is 205 Å². The van der Waals surface area contributed by atoms with Crippen molar-refractivity contribution >= 4 is 17.6 Å². The summed E-state index contributed by atoms with van der Waals surface area (Å²) in [5.41, 5.74) is 3.83. The average Bonchev–Trinajstić information content (AvgIpc) is 2.85. The number of benzene rings is 1. The molecule has 2 aliphatic heterocycles. The van der Waals surface area contributed by atoms with Crippen LogP contribution in [0.5, 0.6) is 0 Å². The second-order valence-corrected chi connectivity index (χ2v) is 9.66. The summed E-state index contributed by atoms with van der Waals surface area (Å²) in [5.74, 6) is -0.737. The van der Waals surface area contributed by atoms with E-state index in [1.165, 1.54) is 4.90 Å². The van der Waals surface area contributed by atoms with Crippen molar-refractivity contribution in [3.8, 4) is 17.3 Å². The number of rotatable bonds is 4. The number of aliphatic hydroxyl groups excluding tert-OH is 1. The number of aromatic nitrogens is 1. The molecule has 2 amide bonds. The molecular formula is C26H31N5O4. The number of aliphatic hydroxyl groups is 1. The van der Waals surface area contributed by atoms with Gasteiger partial charge in [0, 0.05) is 50.3 Å². The lowest BCUT2D eigenvalue weighted by Gasteiger charge is -2.38. The first-order valence-electron chi connectivity index (χ1n) is 11.9. The highest BCUT2D eigenvalue weighted by Gasteiger charge is 2.34. The van der Waals surface area contributed by atoms with Gasteiger partial charge in [-0.15, -0.1) is 0 Å². The van der Waals surface area contributed by atoms with Crippen molar-refractivity contribution in [3.05, 3.63) is 47.0 Å². The summed E-state index contributed by atoms with van der Waals surface area (Å²) in [4.78, 5) is 33.1. The number of pyridine rings is 1. The van der Waals surface area contributed by atoms with Gasteiger partial charge < -0.3 is 25.0 Å². The minimum Gasteiger partial charge on any atom is -0.392 e. The number of hydrogen-bond acceptors (Lipinski definition) is 7. The van der Waals surface area contributed by atoms with Crippen LogP contribution in [0.3, 0.4) is 0 Å². The Kier molecular flexibility index (Phi) is 7.05. The molecule has 0 radical (unpaired) electrons. The Morgan fingerprint density at radius 1 is 1.20 bits per heavy atom. The first-order chi connectivity index (χ1) is 16.7. The van der Waals surface area contributed by atoms with Crippen molar-refractivity contribution in [2.75, 3.05) is 37.6 Å². The van der Waals surface area contributed by atoms with Crippen molar-refractivity contribution in [3.63, 3.8) is 0 Å². The topological polar surface area (TPSA) is 119 Å². The number of piperazine rings is 1. The number of anilines is 1. The zero-order chi connectivity index (χ0) is 25.2. The van der Waals surface area contributed by atoms with Crippen LogP contribution in [0.2, 0.25) is 0 Å². The predicted molar refractivity (Wildman–Crippen MR) is 130 cm³/mol. The molecule has 184 valence electrons. The first kappa shape index (κ1) is 24.6. The van der Waals surface area contributed by atoms with Gasteiger partial charge in [0.15, 0.2) is 0 Å². The maximum absolute atomic E-state index is 12.5. The van der Waals surface area contributed by atoms with Crippen LogP contribution < -0.4 is 10.2 Å². The molecule has 1 unspecified atom stereocenters. The molecule has 1 saturated heterocycles. The van der Waals surface area contributed by atoms with Gasteiger partial charge in [0.2, 0.25) is 0 Å². The molecule has 9 heteroatoms. The third-order valence-corrected chi connectivity index (χ3v) is 6.38. The van der Waals surface area contributed by atoms with Crippen LogP contribution in [0, 0.1) is 11.3 Å². The molecule has 1 fully saturated rings. The van der Waals surface area contributed by atoms with Crippen LogP contribution in [0.4, 0.5) is 5.82 Å². The number of amides is 2. The van der Waals surface area contributed by atoms with Gasteiger partial charge in [-0.25, -0.2) is 4.98 Å². The molecule has 9 nitrogen and oxygen atoms in total. The van der Waals surface area contributed by atoms with Gasteiger partial charge in [0.1, 0.15) is 11.9 Å². The summed E-state index contributed by atoms with van der Waals surface area (Å²) >= 11 is 0. The van der Waals surface area contributed by atoms with Crippen molar-refractivity contribution in [2.45, 2.75) is 45.5 Å². The summed E-state index contributed by atoms with van der Waals surface area (Å²) in [7, 11) is 0. The molecule has 3 heterocycles. The average molecular weight is 478 g/mol. The van der Waals surface area contributed by atoms with E-state index in [1.807, 2.05) is 49.1 Å². The molecule has 0 spiro atoms. The van der Waals surface area contributed by atoms with E-state index < -0.39 is 23.5 Å². The van der Waals surface area contributed by atoms with Crippen LogP contribution in [0.25, 0.3) is 11.3 Å². The maximum Gasteiger partial charge on any atom is 0.312 e. The molecule has 1 atom stereocenters. The van der Waals surface area contributed by atoms with Crippen LogP contribution in [-0.2, 0) is 27.4 Å². The summed E-state index contributed by atoms with van der Waals surface area (Å²) in [5, 5.41) is 21.9. The van der Waals surface area contributed by atoms with E-state index in [-0.39, 0.29) is 6.54 Å². The Bertz CT molecular complexity index is 1150. The lowest BCUT2D eigenvalue weighted by molar-refractivity contribution is -0.146. The molecule has 2 N–H and O–H groups in total. The van der Waals surface area contributed by atoms with Crippen molar-refractivity contribution < 1.29 is 19.4 Å². The van der Waals surface area contributed by atoms with E-state index >= 15 is 0 Å². The molecule has 2 aliphatic rings. The van der Waals surface area contributed by atoms with Crippen molar-refractivity contribution in [2.24, 2.45) is 0 Å². The fourth-order valence-electron chi connectivity index (χ4n) is 4.51. The van der Waals surface area contributed by atoms with Crippen LogP contribution in [0.15, 0.2) is 30.3 Å². The van der Waals surface area contributed by atoms with Crippen molar-refractivity contribution in [1.29, 1.82) is 5.26 Å². The van der Waals surface area contributed by atoms with Crippen LogP contribution >= 0.6 is 0 Å². The minimum absolute atomic E-state index is 0.0252. The molecule has 2 aromatic rings. The fraction of sp³-hybridized carbons (Fsp3) is 0.462. The second-order valence-electron chi connectivity index (χ2n) is 9.66. The summed E-state index contributed by atoms with van der Waals surface area (Å²) in [6, 6.07) is 12.3. The van der Waals surface area contributed by atoms with Crippen molar-refractivity contribution in [1.82, 2.24) is 15.2 Å². The molecule has 4 rings (SSSR count). The number of nitrogens with zero attached hydrogens (tertiary/aromatic N) is 4. The van der Waals surface area contributed by atoms with Gasteiger partial charge in [-0.05, 0) is 26.3 Å². The maximum atomic E-state index is 12.5. The third kappa shape index (κ3) is 5.29. The highest BCUT2D eigenvalue weighted by atomic mass is 16.5. The number of carbonyl (C=O) groups excluding carboxylic acids is 2. The van der Waals surface area contributed by atoms with Gasteiger partial charge in [0.05, 0.1) is 29.6 Å². The first-order valence-corrected chi connectivity index (χ1v) is 11.9. The standard InChI is InChI=1S/C26H31N5O4/c1-17(32)15-28-24(33)25(34)31-11-9-30(10-12-31)23-20(14-27)19-13-26(2,3)35-16-21(19)22(29-23)18-7-5-4-6-8-18/h4-8,17,32H,9-13,15-16H2,1-3H3,(H,28,33). The summed E-state index contributed by atoms with van der Waals surface area (Å²) in [6.45, 7) is 7.56. The molecule has 35 heavy (non-hydrogen) atoms. The second kappa shape index (κ2) is 10.0.